The molecular weight excluding hydrogens is 204 g/mol. The number of hydrogen-bond donors (Lipinski definition) is 2. The third-order valence-electron chi connectivity index (χ3n) is 2.86. The normalized spacial score (nSPS) is 21.1. The van der Waals surface area contributed by atoms with Crippen molar-refractivity contribution in [3.63, 3.8) is 0 Å². The van der Waals surface area contributed by atoms with Crippen LogP contribution in [0.15, 0.2) is 0 Å². The fourth-order valence-corrected chi connectivity index (χ4v) is 1.93. The van der Waals surface area contributed by atoms with Gasteiger partial charge in [0.25, 0.3) is 0 Å². The quantitative estimate of drug-likeness (QED) is 0.695. The van der Waals surface area contributed by atoms with E-state index in [9.17, 15) is 9.59 Å². The molecule has 2 amide bonds. The molecule has 16 heavy (non-hydrogen) atoms. The lowest BCUT2D eigenvalue weighted by molar-refractivity contribution is -0.123. The van der Waals surface area contributed by atoms with Crippen LogP contribution < -0.4 is 10.6 Å². The van der Waals surface area contributed by atoms with E-state index in [0.717, 1.165) is 38.6 Å². The van der Waals surface area contributed by atoms with Gasteiger partial charge in [0.15, 0.2) is 0 Å². The molecule has 0 saturated carbocycles. The number of rotatable bonds is 5. The summed E-state index contributed by atoms with van der Waals surface area (Å²) in [5, 5.41) is 5.76. The Hall–Kier alpha value is -1.06. The van der Waals surface area contributed by atoms with E-state index >= 15 is 0 Å². The minimum atomic E-state index is 0.0385. The monoisotopic (exact) mass is 226 g/mol. The molecule has 0 aromatic carbocycles. The second-order valence-electron chi connectivity index (χ2n) is 4.42. The first-order valence-corrected chi connectivity index (χ1v) is 6.28. The molecule has 4 heteroatoms. The molecule has 0 bridgehead atoms. The van der Waals surface area contributed by atoms with E-state index in [2.05, 4.69) is 17.6 Å². The summed E-state index contributed by atoms with van der Waals surface area (Å²) in [6.45, 7) is 2.86. The number of carbonyl (C=O) groups excluding carboxylic acids is 2. The van der Waals surface area contributed by atoms with Crippen molar-refractivity contribution in [2.75, 3.05) is 6.54 Å². The van der Waals surface area contributed by atoms with Crippen LogP contribution in [-0.4, -0.2) is 24.4 Å². The van der Waals surface area contributed by atoms with Crippen molar-refractivity contribution in [2.45, 2.75) is 57.9 Å². The first kappa shape index (κ1) is 13.0. The van der Waals surface area contributed by atoms with Crippen molar-refractivity contribution in [2.24, 2.45) is 0 Å². The van der Waals surface area contributed by atoms with Gasteiger partial charge < -0.3 is 10.6 Å². The maximum absolute atomic E-state index is 11.6. The number of carbonyl (C=O) groups is 2. The van der Waals surface area contributed by atoms with Crippen molar-refractivity contribution in [1.29, 1.82) is 0 Å². The van der Waals surface area contributed by atoms with Crippen molar-refractivity contribution < 1.29 is 9.59 Å². The van der Waals surface area contributed by atoms with Gasteiger partial charge >= 0.3 is 0 Å². The average Bonchev–Trinajstić information content (AvgIpc) is 2.43. The van der Waals surface area contributed by atoms with Crippen molar-refractivity contribution in [3.8, 4) is 0 Å². The molecular formula is C12H22N2O2. The van der Waals surface area contributed by atoms with Crippen LogP contribution in [0.5, 0.6) is 0 Å². The highest BCUT2D eigenvalue weighted by atomic mass is 16.2. The highest BCUT2D eigenvalue weighted by molar-refractivity contribution is 5.79. The molecule has 1 rings (SSSR count). The highest BCUT2D eigenvalue weighted by Crippen LogP contribution is 2.07. The smallest absolute Gasteiger partial charge is 0.222 e. The molecule has 0 aromatic rings. The standard InChI is InChI=1S/C12H22N2O2/c1-2-3-4-7-11(15)14-10-6-5-8-13-12(16)9-10/h10H,2-9H2,1H3,(H,13,16)(H,14,15). The summed E-state index contributed by atoms with van der Waals surface area (Å²) in [5.41, 5.74) is 0. The van der Waals surface area contributed by atoms with E-state index in [-0.39, 0.29) is 17.9 Å². The van der Waals surface area contributed by atoms with Crippen LogP contribution in [0.3, 0.4) is 0 Å². The van der Waals surface area contributed by atoms with Crippen molar-refractivity contribution >= 4 is 11.8 Å². The summed E-state index contributed by atoms with van der Waals surface area (Å²) >= 11 is 0. The van der Waals surface area contributed by atoms with Crippen LogP contribution in [0, 0.1) is 0 Å². The molecule has 92 valence electrons. The first-order valence-electron chi connectivity index (χ1n) is 6.28. The van der Waals surface area contributed by atoms with Gasteiger partial charge in [0.1, 0.15) is 0 Å². The zero-order valence-electron chi connectivity index (χ0n) is 10.1. The topological polar surface area (TPSA) is 58.2 Å². The van der Waals surface area contributed by atoms with Crippen LogP contribution in [-0.2, 0) is 9.59 Å². The Balaban J connectivity index is 2.23. The summed E-state index contributed by atoms with van der Waals surface area (Å²) < 4.78 is 0. The van der Waals surface area contributed by atoms with E-state index in [1.165, 1.54) is 0 Å². The Morgan fingerprint density at radius 1 is 1.50 bits per heavy atom. The number of amides is 2. The molecule has 4 nitrogen and oxygen atoms in total. The summed E-state index contributed by atoms with van der Waals surface area (Å²) in [5.74, 6) is 0.143. The summed E-state index contributed by atoms with van der Waals surface area (Å²) in [4.78, 5) is 22.8. The maximum Gasteiger partial charge on any atom is 0.222 e. The molecule has 1 aliphatic heterocycles. The van der Waals surface area contributed by atoms with Gasteiger partial charge in [-0.15, -0.1) is 0 Å². The minimum absolute atomic E-state index is 0.0385. The Labute approximate surface area is 97.2 Å². The molecule has 0 radical (unpaired) electrons. The van der Waals surface area contributed by atoms with Gasteiger partial charge in [-0.2, -0.15) is 0 Å². The van der Waals surface area contributed by atoms with Crippen LogP contribution in [0.25, 0.3) is 0 Å². The zero-order valence-corrected chi connectivity index (χ0v) is 10.1. The molecule has 1 fully saturated rings. The largest absolute Gasteiger partial charge is 0.356 e. The van der Waals surface area contributed by atoms with Crippen molar-refractivity contribution in [1.82, 2.24) is 10.6 Å². The van der Waals surface area contributed by atoms with E-state index in [1.807, 2.05) is 0 Å². The minimum Gasteiger partial charge on any atom is -0.356 e. The molecule has 0 aromatic heterocycles. The van der Waals surface area contributed by atoms with Crippen LogP contribution in [0.2, 0.25) is 0 Å². The maximum atomic E-state index is 11.6. The van der Waals surface area contributed by atoms with E-state index in [1.54, 1.807) is 0 Å². The number of hydrogen-bond acceptors (Lipinski definition) is 2. The molecule has 1 saturated heterocycles. The summed E-state index contributed by atoms with van der Waals surface area (Å²) in [6, 6.07) is 0.0385. The zero-order chi connectivity index (χ0) is 11.8. The molecule has 0 aliphatic carbocycles. The third-order valence-corrected chi connectivity index (χ3v) is 2.86. The van der Waals surface area contributed by atoms with E-state index in [0.29, 0.717) is 12.8 Å². The van der Waals surface area contributed by atoms with Crippen LogP contribution in [0.1, 0.15) is 51.9 Å². The van der Waals surface area contributed by atoms with Gasteiger partial charge in [-0.25, -0.2) is 0 Å². The summed E-state index contributed by atoms with van der Waals surface area (Å²) in [6.07, 6.45) is 6.04. The predicted octanol–water partition coefficient (Wildman–Crippen LogP) is 1.35. The second kappa shape index (κ2) is 7.25. The van der Waals surface area contributed by atoms with Crippen LogP contribution in [0.4, 0.5) is 0 Å². The van der Waals surface area contributed by atoms with E-state index < -0.39 is 0 Å². The van der Waals surface area contributed by atoms with E-state index in [4.69, 9.17) is 0 Å². The lowest BCUT2D eigenvalue weighted by atomic mass is 10.1. The lowest BCUT2D eigenvalue weighted by Crippen LogP contribution is -2.36. The third kappa shape index (κ3) is 5.14. The highest BCUT2D eigenvalue weighted by Gasteiger charge is 2.18. The molecule has 2 N–H and O–H groups in total. The molecule has 1 heterocycles. The number of nitrogens with one attached hydrogen (secondary N) is 2. The fraction of sp³-hybridized carbons (Fsp3) is 0.833. The van der Waals surface area contributed by atoms with Crippen LogP contribution >= 0.6 is 0 Å². The molecule has 0 spiro atoms. The Bertz CT molecular complexity index is 241. The molecule has 1 aliphatic rings. The van der Waals surface area contributed by atoms with Gasteiger partial charge in [0.2, 0.25) is 11.8 Å². The van der Waals surface area contributed by atoms with Gasteiger partial charge in [-0.1, -0.05) is 19.8 Å². The van der Waals surface area contributed by atoms with Gasteiger partial charge in [-0.3, -0.25) is 9.59 Å². The Morgan fingerprint density at radius 3 is 3.06 bits per heavy atom. The molecule has 1 unspecified atom stereocenters. The lowest BCUT2D eigenvalue weighted by Gasteiger charge is -2.14. The predicted molar refractivity (Wildman–Crippen MR) is 62.9 cm³/mol. The van der Waals surface area contributed by atoms with Gasteiger partial charge in [0, 0.05) is 25.4 Å². The Kier molecular flexibility index (Phi) is 5.90. The Morgan fingerprint density at radius 2 is 2.31 bits per heavy atom. The van der Waals surface area contributed by atoms with Gasteiger partial charge in [-0.05, 0) is 19.3 Å². The fourth-order valence-electron chi connectivity index (χ4n) is 1.93. The van der Waals surface area contributed by atoms with Gasteiger partial charge in [0.05, 0.1) is 0 Å². The van der Waals surface area contributed by atoms with Crippen molar-refractivity contribution in [3.05, 3.63) is 0 Å². The SMILES string of the molecule is CCCCCC(=O)NC1CCCNC(=O)C1. The second-order valence-corrected chi connectivity index (χ2v) is 4.42. The number of unbranched alkanes of at least 4 members (excludes halogenated alkanes) is 2. The first-order chi connectivity index (χ1) is 7.72. The summed E-state index contributed by atoms with van der Waals surface area (Å²) in [7, 11) is 0. The average molecular weight is 226 g/mol. The molecule has 1 atom stereocenters.